The molecule has 0 saturated carbocycles. The van der Waals surface area contributed by atoms with Crippen LogP contribution in [0.15, 0.2) is 41.3 Å². The first-order chi connectivity index (χ1) is 11.7. The second-order valence-electron chi connectivity index (χ2n) is 5.49. The molecular weight excluding hydrogens is 308 g/mol. The molecule has 0 fully saturated rings. The van der Waals surface area contributed by atoms with E-state index >= 15 is 0 Å². The Balaban J connectivity index is 1.85. The molecule has 8 nitrogen and oxygen atoms in total. The van der Waals surface area contributed by atoms with Crippen molar-refractivity contribution in [2.45, 2.75) is 19.9 Å². The predicted molar refractivity (Wildman–Crippen MR) is 87.3 cm³/mol. The zero-order valence-electron chi connectivity index (χ0n) is 13.7. The highest BCUT2D eigenvalue weighted by Gasteiger charge is 2.24. The molecule has 0 amide bonds. The third kappa shape index (κ3) is 3.48. The van der Waals surface area contributed by atoms with Gasteiger partial charge in [0.1, 0.15) is 6.04 Å². The van der Waals surface area contributed by atoms with Crippen LogP contribution in [0.3, 0.4) is 0 Å². The number of ether oxygens (including phenoxy) is 1. The predicted octanol–water partition coefficient (Wildman–Crippen LogP) is 2.74. The van der Waals surface area contributed by atoms with E-state index in [9.17, 15) is 0 Å². The van der Waals surface area contributed by atoms with Crippen LogP contribution in [0.25, 0.3) is 11.4 Å². The molecule has 24 heavy (non-hydrogen) atoms. The van der Waals surface area contributed by atoms with E-state index in [2.05, 4.69) is 30.4 Å². The molecule has 0 bridgehead atoms. The molecule has 1 atom stereocenters. The number of hydrogen-bond acceptors (Lipinski definition) is 8. The highest BCUT2D eigenvalue weighted by atomic mass is 16.5. The summed E-state index contributed by atoms with van der Waals surface area (Å²) in [6.45, 7) is 4.09. The average Bonchev–Trinajstić information content (AvgIpc) is 3.10. The maximum atomic E-state index is 5.43. The molecule has 0 saturated heterocycles. The van der Waals surface area contributed by atoms with E-state index in [1.165, 1.54) is 0 Å². The van der Waals surface area contributed by atoms with Gasteiger partial charge in [0.2, 0.25) is 23.5 Å². The molecule has 3 heterocycles. The number of anilines is 1. The van der Waals surface area contributed by atoms with Gasteiger partial charge >= 0.3 is 0 Å². The van der Waals surface area contributed by atoms with Gasteiger partial charge in [0.25, 0.3) is 0 Å². The maximum Gasteiger partial charge on any atom is 0.249 e. The van der Waals surface area contributed by atoms with Crippen molar-refractivity contribution in [2.75, 3.05) is 12.4 Å². The summed E-state index contributed by atoms with van der Waals surface area (Å²) in [5, 5.41) is 7.25. The minimum absolute atomic E-state index is 0.182. The van der Waals surface area contributed by atoms with Crippen LogP contribution >= 0.6 is 0 Å². The molecule has 3 aromatic heterocycles. The lowest BCUT2D eigenvalue weighted by molar-refractivity contribution is 0.335. The lowest BCUT2D eigenvalue weighted by Crippen LogP contribution is -2.18. The molecule has 0 radical (unpaired) electrons. The first kappa shape index (κ1) is 15.9. The van der Waals surface area contributed by atoms with Crippen LogP contribution in [0.4, 0.5) is 5.95 Å². The van der Waals surface area contributed by atoms with Gasteiger partial charge in [-0.15, -0.1) is 0 Å². The second kappa shape index (κ2) is 7.03. The molecule has 124 valence electrons. The maximum absolute atomic E-state index is 5.43. The van der Waals surface area contributed by atoms with Crippen molar-refractivity contribution in [3.05, 3.63) is 42.7 Å². The number of methoxy groups -OCH3 is 1. The number of hydrogen-bond donors (Lipinski definition) is 1. The Morgan fingerprint density at radius 1 is 1.17 bits per heavy atom. The SMILES string of the molecule is COc1ccnc(NC(c2nc(-c3cccnc3)no2)C(C)C)n1. The molecule has 0 aromatic carbocycles. The summed E-state index contributed by atoms with van der Waals surface area (Å²) in [5.74, 6) is 2.07. The Labute approximate surface area is 139 Å². The van der Waals surface area contributed by atoms with Crippen LogP contribution in [0, 0.1) is 5.92 Å². The zero-order valence-corrected chi connectivity index (χ0v) is 13.7. The number of aromatic nitrogens is 5. The fourth-order valence-electron chi connectivity index (χ4n) is 2.15. The van der Waals surface area contributed by atoms with E-state index in [4.69, 9.17) is 9.26 Å². The molecule has 3 aromatic rings. The summed E-state index contributed by atoms with van der Waals surface area (Å²) in [7, 11) is 1.56. The number of rotatable bonds is 6. The average molecular weight is 326 g/mol. The van der Waals surface area contributed by atoms with Gasteiger partial charge in [0.15, 0.2) is 0 Å². The van der Waals surface area contributed by atoms with E-state index in [-0.39, 0.29) is 12.0 Å². The van der Waals surface area contributed by atoms with Crippen molar-refractivity contribution in [1.29, 1.82) is 0 Å². The van der Waals surface area contributed by atoms with Crippen LogP contribution < -0.4 is 10.1 Å². The van der Waals surface area contributed by atoms with Gasteiger partial charge in [0.05, 0.1) is 7.11 Å². The van der Waals surface area contributed by atoms with Crippen LogP contribution in [-0.2, 0) is 0 Å². The summed E-state index contributed by atoms with van der Waals surface area (Å²) in [5.41, 5.74) is 0.799. The van der Waals surface area contributed by atoms with Crippen molar-refractivity contribution in [1.82, 2.24) is 25.1 Å². The third-order valence-electron chi connectivity index (χ3n) is 3.42. The van der Waals surface area contributed by atoms with Crippen LogP contribution in [0.5, 0.6) is 5.88 Å². The van der Waals surface area contributed by atoms with E-state index in [1.807, 2.05) is 26.0 Å². The minimum Gasteiger partial charge on any atom is -0.481 e. The van der Waals surface area contributed by atoms with Gasteiger partial charge in [-0.3, -0.25) is 4.98 Å². The van der Waals surface area contributed by atoms with Crippen molar-refractivity contribution >= 4 is 5.95 Å². The van der Waals surface area contributed by atoms with Crippen molar-refractivity contribution in [3.8, 4) is 17.3 Å². The Morgan fingerprint density at radius 2 is 2.04 bits per heavy atom. The first-order valence-corrected chi connectivity index (χ1v) is 7.55. The summed E-state index contributed by atoms with van der Waals surface area (Å²) >= 11 is 0. The first-order valence-electron chi connectivity index (χ1n) is 7.55. The fourth-order valence-corrected chi connectivity index (χ4v) is 2.15. The lowest BCUT2D eigenvalue weighted by Gasteiger charge is -2.18. The summed E-state index contributed by atoms with van der Waals surface area (Å²) < 4.78 is 10.5. The highest BCUT2D eigenvalue weighted by Crippen LogP contribution is 2.26. The van der Waals surface area contributed by atoms with Gasteiger partial charge in [-0.2, -0.15) is 9.97 Å². The highest BCUT2D eigenvalue weighted by molar-refractivity contribution is 5.52. The van der Waals surface area contributed by atoms with E-state index in [0.29, 0.717) is 23.5 Å². The van der Waals surface area contributed by atoms with Crippen LogP contribution in [-0.4, -0.2) is 32.2 Å². The quantitative estimate of drug-likeness (QED) is 0.738. The van der Waals surface area contributed by atoms with Crippen molar-refractivity contribution < 1.29 is 9.26 Å². The summed E-state index contributed by atoms with van der Waals surface area (Å²) in [6.07, 6.45) is 5.02. The zero-order chi connectivity index (χ0) is 16.9. The normalized spacial score (nSPS) is 12.2. The molecule has 0 spiro atoms. The molecule has 0 aliphatic carbocycles. The van der Waals surface area contributed by atoms with Gasteiger partial charge in [-0.05, 0) is 18.1 Å². The van der Waals surface area contributed by atoms with Gasteiger partial charge in [0, 0.05) is 30.2 Å². The summed E-state index contributed by atoms with van der Waals surface area (Å²) in [6, 6.07) is 5.16. The molecule has 3 rings (SSSR count). The van der Waals surface area contributed by atoms with Crippen LogP contribution in [0.2, 0.25) is 0 Å². The Bertz CT molecular complexity index is 790. The van der Waals surface area contributed by atoms with E-state index in [0.717, 1.165) is 5.56 Å². The van der Waals surface area contributed by atoms with Crippen LogP contribution in [0.1, 0.15) is 25.8 Å². The van der Waals surface area contributed by atoms with Gasteiger partial charge in [-0.1, -0.05) is 19.0 Å². The van der Waals surface area contributed by atoms with Gasteiger partial charge in [-0.25, -0.2) is 4.98 Å². The number of nitrogens with one attached hydrogen (secondary N) is 1. The minimum atomic E-state index is -0.227. The molecule has 0 aliphatic rings. The molecule has 0 aliphatic heterocycles. The summed E-state index contributed by atoms with van der Waals surface area (Å²) in [4.78, 5) is 17.0. The molecule has 1 unspecified atom stereocenters. The molecule has 8 heteroatoms. The Hall–Kier alpha value is -3.03. The topological polar surface area (TPSA) is 98.8 Å². The van der Waals surface area contributed by atoms with Crippen molar-refractivity contribution in [2.24, 2.45) is 5.92 Å². The van der Waals surface area contributed by atoms with Crippen molar-refractivity contribution in [3.63, 3.8) is 0 Å². The van der Waals surface area contributed by atoms with E-state index < -0.39 is 0 Å². The molecule has 1 N–H and O–H groups in total. The Morgan fingerprint density at radius 3 is 2.75 bits per heavy atom. The Kier molecular flexibility index (Phi) is 4.64. The second-order valence-corrected chi connectivity index (χ2v) is 5.49. The number of pyridine rings is 1. The lowest BCUT2D eigenvalue weighted by atomic mass is 10.0. The standard InChI is InChI=1S/C16H18N6O2/c1-10(2)13(20-16-18-8-6-12(19-16)23-3)15-21-14(22-24-15)11-5-4-7-17-9-11/h4-10,13H,1-3H3,(H,18,19,20). The fraction of sp³-hybridized carbons (Fsp3) is 0.312. The largest absolute Gasteiger partial charge is 0.481 e. The molecular formula is C16H18N6O2. The monoisotopic (exact) mass is 326 g/mol. The third-order valence-corrected chi connectivity index (χ3v) is 3.42. The smallest absolute Gasteiger partial charge is 0.249 e. The van der Waals surface area contributed by atoms with E-state index in [1.54, 1.807) is 31.8 Å². The van der Waals surface area contributed by atoms with Gasteiger partial charge < -0.3 is 14.6 Å². The number of nitrogens with zero attached hydrogens (tertiary/aromatic N) is 5.